The minimum absolute atomic E-state index is 0.198. The van der Waals surface area contributed by atoms with Crippen LogP contribution in [0.1, 0.15) is 34.0 Å². The standard InChI is InChI=1S/C21H20N2O/c1-14-11-12-18(15(2)13-14)16(3)22-23-21(24)20-10-6-8-17-7-4-5-9-19(17)20/h4-13H,1-3H3,(H,23,24)/b22-16-. The number of benzene rings is 3. The number of carbonyl (C=O) groups is 1. The smallest absolute Gasteiger partial charge is 0.267 e. The van der Waals surface area contributed by atoms with E-state index in [1.165, 1.54) is 5.56 Å². The van der Waals surface area contributed by atoms with Gasteiger partial charge in [0.15, 0.2) is 0 Å². The topological polar surface area (TPSA) is 41.5 Å². The lowest BCUT2D eigenvalue weighted by Crippen LogP contribution is -2.19. The lowest BCUT2D eigenvalue weighted by molar-refractivity contribution is 0.0956. The molecule has 3 heteroatoms. The van der Waals surface area contributed by atoms with Crippen molar-refractivity contribution < 1.29 is 4.79 Å². The average molecular weight is 316 g/mol. The average Bonchev–Trinajstić information content (AvgIpc) is 2.59. The number of aryl methyl sites for hydroxylation is 2. The first-order chi connectivity index (χ1) is 11.6. The lowest BCUT2D eigenvalue weighted by atomic mass is 10.0. The number of nitrogens with zero attached hydrogens (tertiary/aromatic N) is 1. The maximum absolute atomic E-state index is 12.5. The molecule has 3 aromatic rings. The molecule has 3 nitrogen and oxygen atoms in total. The van der Waals surface area contributed by atoms with Gasteiger partial charge in [0.05, 0.1) is 5.71 Å². The maximum Gasteiger partial charge on any atom is 0.272 e. The molecule has 0 heterocycles. The molecule has 3 rings (SSSR count). The van der Waals surface area contributed by atoms with Crippen LogP contribution in [0.25, 0.3) is 10.8 Å². The quantitative estimate of drug-likeness (QED) is 0.556. The van der Waals surface area contributed by atoms with Gasteiger partial charge in [0, 0.05) is 11.1 Å². The normalized spacial score (nSPS) is 11.5. The molecule has 0 aliphatic carbocycles. The number of rotatable bonds is 3. The molecular formula is C21H20N2O. The van der Waals surface area contributed by atoms with Gasteiger partial charge in [0.2, 0.25) is 0 Å². The second-order valence-corrected chi connectivity index (χ2v) is 5.98. The third kappa shape index (κ3) is 3.20. The van der Waals surface area contributed by atoms with Crippen molar-refractivity contribution in [3.8, 4) is 0 Å². The van der Waals surface area contributed by atoms with E-state index in [0.29, 0.717) is 5.56 Å². The van der Waals surface area contributed by atoms with Crippen molar-refractivity contribution in [2.75, 3.05) is 0 Å². The lowest BCUT2D eigenvalue weighted by Gasteiger charge is -2.08. The molecule has 0 radical (unpaired) electrons. The molecule has 0 fully saturated rings. The molecule has 0 spiro atoms. The minimum atomic E-state index is -0.198. The van der Waals surface area contributed by atoms with E-state index in [0.717, 1.165) is 27.6 Å². The van der Waals surface area contributed by atoms with Gasteiger partial charge in [-0.3, -0.25) is 4.79 Å². The van der Waals surface area contributed by atoms with Gasteiger partial charge in [-0.25, -0.2) is 5.43 Å². The fourth-order valence-electron chi connectivity index (χ4n) is 2.90. The van der Waals surface area contributed by atoms with Gasteiger partial charge < -0.3 is 0 Å². The highest BCUT2D eigenvalue weighted by atomic mass is 16.2. The van der Waals surface area contributed by atoms with Gasteiger partial charge in [-0.05, 0) is 43.2 Å². The number of hydrogen-bond acceptors (Lipinski definition) is 2. The van der Waals surface area contributed by atoms with Crippen LogP contribution in [0.15, 0.2) is 65.8 Å². The number of hydrogen-bond donors (Lipinski definition) is 1. The van der Waals surface area contributed by atoms with Crippen LogP contribution in [0.2, 0.25) is 0 Å². The van der Waals surface area contributed by atoms with E-state index in [1.54, 1.807) is 0 Å². The van der Waals surface area contributed by atoms with Crippen molar-refractivity contribution in [2.24, 2.45) is 5.10 Å². The summed E-state index contributed by atoms with van der Waals surface area (Å²) >= 11 is 0. The van der Waals surface area contributed by atoms with Gasteiger partial charge >= 0.3 is 0 Å². The van der Waals surface area contributed by atoms with Crippen LogP contribution < -0.4 is 5.43 Å². The van der Waals surface area contributed by atoms with Gasteiger partial charge in [-0.15, -0.1) is 0 Å². The Morgan fingerprint density at radius 2 is 1.67 bits per heavy atom. The summed E-state index contributed by atoms with van der Waals surface area (Å²) in [6.07, 6.45) is 0. The molecule has 0 saturated heterocycles. The first-order valence-electron chi connectivity index (χ1n) is 7.96. The van der Waals surface area contributed by atoms with Gasteiger partial charge in [-0.1, -0.05) is 60.2 Å². The number of amides is 1. The molecular weight excluding hydrogens is 296 g/mol. The predicted octanol–water partition coefficient (Wildman–Crippen LogP) is 4.61. The van der Waals surface area contributed by atoms with Crippen LogP contribution in [0.3, 0.4) is 0 Å². The number of nitrogens with one attached hydrogen (secondary N) is 1. The number of hydrazone groups is 1. The fourth-order valence-corrected chi connectivity index (χ4v) is 2.90. The molecule has 0 atom stereocenters. The second kappa shape index (κ2) is 6.67. The van der Waals surface area contributed by atoms with E-state index in [2.05, 4.69) is 23.5 Å². The summed E-state index contributed by atoms with van der Waals surface area (Å²) in [7, 11) is 0. The van der Waals surface area contributed by atoms with E-state index in [4.69, 9.17) is 0 Å². The summed E-state index contributed by atoms with van der Waals surface area (Å²) in [5.74, 6) is -0.198. The molecule has 1 N–H and O–H groups in total. The summed E-state index contributed by atoms with van der Waals surface area (Å²) in [5.41, 5.74) is 7.50. The third-order valence-electron chi connectivity index (χ3n) is 4.13. The fraction of sp³-hybridized carbons (Fsp3) is 0.143. The number of carbonyl (C=O) groups excluding carboxylic acids is 1. The predicted molar refractivity (Wildman–Crippen MR) is 99.5 cm³/mol. The van der Waals surface area contributed by atoms with E-state index in [1.807, 2.05) is 68.4 Å². The monoisotopic (exact) mass is 316 g/mol. The van der Waals surface area contributed by atoms with Crippen LogP contribution in [-0.2, 0) is 0 Å². The van der Waals surface area contributed by atoms with E-state index in [9.17, 15) is 4.79 Å². The molecule has 24 heavy (non-hydrogen) atoms. The van der Waals surface area contributed by atoms with Crippen LogP contribution >= 0.6 is 0 Å². The van der Waals surface area contributed by atoms with Crippen molar-refractivity contribution in [2.45, 2.75) is 20.8 Å². The Morgan fingerprint density at radius 3 is 2.46 bits per heavy atom. The zero-order valence-electron chi connectivity index (χ0n) is 14.1. The van der Waals surface area contributed by atoms with Crippen LogP contribution in [0.4, 0.5) is 0 Å². The van der Waals surface area contributed by atoms with Crippen molar-refractivity contribution in [3.63, 3.8) is 0 Å². The third-order valence-corrected chi connectivity index (χ3v) is 4.13. The highest BCUT2D eigenvalue weighted by Gasteiger charge is 2.09. The molecule has 1 amide bonds. The molecule has 0 bridgehead atoms. The van der Waals surface area contributed by atoms with Gasteiger partial charge in [0.25, 0.3) is 5.91 Å². The van der Waals surface area contributed by atoms with Crippen molar-refractivity contribution in [1.29, 1.82) is 0 Å². The van der Waals surface area contributed by atoms with Crippen molar-refractivity contribution in [1.82, 2.24) is 5.43 Å². The minimum Gasteiger partial charge on any atom is -0.267 e. The molecule has 3 aromatic carbocycles. The zero-order chi connectivity index (χ0) is 17.1. The second-order valence-electron chi connectivity index (χ2n) is 5.98. The number of fused-ring (bicyclic) bond motifs is 1. The Morgan fingerprint density at radius 1 is 0.917 bits per heavy atom. The van der Waals surface area contributed by atoms with E-state index in [-0.39, 0.29) is 5.91 Å². The van der Waals surface area contributed by atoms with Crippen LogP contribution in [0.5, 0.6) is 0 Å². The van der Waals surface area contributed by atoms with Crippen molar-refractivity contribution >= 4 is 22.4 Å². The Balaban J connectivity index is 1.86. The zero-order valence-corrected chi connectivity index (χ0v) is 14.1. The highest BCUT2D eigenvalue weighted by Crippen LogP contribution is 2.18. The first kappa shape index (κ1) is 15.9. The largest absolute Gasteiger partial charge is 0.272 e. The molecule has 0 aromatic heterocycles. The maximum atomic E-state index is 12.5. The SMILES string of the molecule is C/C(=N/NC(=O)c1cccc2ccccc12)c1ccc(C)cc1C. The molecule has 0 saturated carbocycles. The first-order valence-corrected chi connectivity index (χ1v) is 7.96. The van der Waals surface area contributed by atoms with Crippen molar-refractivity contribution in [3.05, 3.63) is 82.9 Å². The van der Waals surface area contributed by atoms with Gasteiger partial charge in [-0.2, -0.15) is 5.10 Å². The summed E-state index contributed by atoms with van der Waals surface area (Å²) < 4.78 is 0. The van der Waals surface area contributed by atoms with E-state index < -0.39 is 0 Å². The Bertz CT molecular complexity index is 936. The summed E-state index contributed by atoms with van der Waals surface area (Å²) in [5, 5.41) is 6.25. The Hall–Kier alpha value is -2.94. The highest BCUT2D eigenvalue weighted by molar-refractivity contribution is 6.08. The molecule has 120 valence electrons. The molecule has 0 aliphatic heterocycles. The van der Waals surface area contributed by atoms with Crippen LogP contribution in [-0.4, -0.2) is 11.6 Å². The summed E-state index contributed by atoms with van der Waals surface area (Å²) in [6.45, 7) is 6.01. The molecule has 0 unspecified atom stereocenters. The summed E-state index contributed by atoms with van der Waals surface area (Å²) in [6, 6.07) is 19.7. The molecule has 0 aliphatic rings. The van der Waals surface area contributed by atoms with Gasteiger partial charge in [0.1, 0.15) is 0 Å². The Kier molecular flexibility index (Phi) is 4.43. The van der Waals surface area contributed by atoms with E-state index >= 15 is 0 Å². The Labute approximate surface area is 142 Å². The summed E-state index contributed by atoms with van der Waals surface area (Å²) in [4.78, 5) is 12.5. The van der Waals surface area contributed by atoms with Crippen LogP contribution in [0, 0.1) is 13.8 Å².